The van der Waals surface area contributed by atoms with Crippen LogP contribution in [0.5, 0.6) is 0 Å². The first kappa shape index (κ1) is 10.2. The van der Waals surface area contributed by atoms with E-state index in [0.717, 1.165) is 5.56 Å². The number of hydrogen-bond acceptors (Lipinski definition) is 2. The molecule has 2 unspecified atom stereocenters. The van der Waals surface area contributed by atoms with Crippen LogP contribution >= 0.6 is 0 Å². The van der Waals surface area contributed by atoms with E-state index in [0.29, 0.717) is 11.1 Å². The lowest BCUT2D eigenvalue weighted by Crippen LogP contribution is -2.35. The van der Waals surface area contributed by atoms with E-state index >= 15 is 0 Å². The van der Waals surface area contributed by atoms with Gasteiger partial charge < -0.3 is 0 Å². The molecule has 0 aromatic heterocycles. The van der Waals surface area contributed by atoms with Crippen LogP contribution in [-0.2, 0) is 0 Å². The number of allylic oxidation sites excluding steroid dienone is 4. The van der Waals surface area contributed by atoms with Crippen molar-refractivity contribution in [1.29, 1.82) is 0 Å². The van der Waals surface area contributed by atoms with Crippen molar-refractivity contribution in [3.05, 3.63) is 59.2 Å². The van der Waals surface area contributed by atoms with Crippen molar-refractivity contribution < 1.29 is 9.59 Å². The van der Waals surface area contributed by atoms with Crippen LogP contribution in [0.15, 0.2) is 42.5 Å². The smallest absolute Gasteiger partial charge is 0.171 e. The van der Waals surface area contributed by atoms with Crippen LogP contribution in [-0.4, -0.2) is 11.6 Å². The second-order valence-corrected chi connectivity index (χ2v) is 4.55. The highest BCUT2D eigenvalue weighted by Gasteiger charge is 2.39. The van der Waals surface area contributed by atoms with Gasteiger partial charge in [0.15, 0.2) is 11.6 Å². The molecule has 1 aromatic carbocycles. The maximum atomic E-state index is 12.4. The molecule has 0 fully saturated rings. The van der Waals surface area contributed by atoms with E-state index < -0.39 is 0 Å². The molecule has 0 spiro atoms. The fourth-order valence-electron chi connectivity index (χ4n) is 2.65. The Hall–Kier alpha value is -1.96. The zero-order valence-electron chi connectivity index (χ0n) is 9.51. The van der Waals surface area contributed by atoms with Gasteiger partial charge in [-0.1, -0.05) is 42.5 Å². The van der Waals surface area contributed by atoms with Crippen molar-refractivity contribution in [2.24, 2.45) is 11.8 Å². The van der Waals surface area contributed by atoms with E-state index in [4.69, 9.17) is 0 Å². The minimum Gasteiger partial charge on any atom is -0.293 e. The lowest BCUT2D eigenvalue weighted by atomic mass is 9.71. The van der Waals surface area contributed by atoms with Gasteiger partial charge in [0.1, 0.15) is 0 Å². The Morgan fingerprint density at radius 2 is 1.59 bits per heavy atom. The fourth-order valence-corrected chi connectivity index (χ4v) is 2.65. The summed E-state index contributed by atoms with van der Waals surface area (Å²) in [4.78, 5) is 24.7. The highest BCUT2D eigenvalue weighted by atomic mass is 16.1. The molecular formula is C15H12O2. The molecule has 17 heavy (non-hydrogen) atoms. The average Bonchev–Trinajstić information content (AvgIpc) is 2.36. The number of benzene rings is 1. The van der Waals surface area contributed by atoms with Gasteiger partial charge in [-0.2, -0.15) is 0 Å². The quantitative estimate of drug-likeness (QED) is 0.679. The summed E-state index contributed by atoms with van der Waals surface area (Å²) < 4.78 is 0. The first-order valence-corrected chi connectivity index (χ1v) is 5.73. The monoisotopic (exact) mass is 224 g/mol. The minimum atomic E-state index is -0.305. The van der Waals surface area contributed by atoms with Crippen molar-refractivity contribution in [2.75, 3.05) is 0 Å². The van der Waals surface area contributed by atoms with Crippen LogP contribution in [0.4, 0.5) is 0 Å². The zero-order valence-corrected chi connectivity index (χ0v) is 9.51. The molecule has 1 aromatic rings. The van der Waals surface area contributed by atoms with Gasteiger partial charge in [-0.05, 0) is 12.5 Å². The van der Waals surface area contributed by atoms with Crippen molar-refractivity contribution in [2.45, 2.75) is 6.92 Å². The lowest BCUT2D eigenvalue weighted by Gasteiger charge is -2.29. The molecule has 0 aliphatic heterocycles. The van der Waals surface area contributed by atoms with Gasteiger partial charge in [0.2, 0.25) is 0 Å². The number of aryl methyl sites for hydroxylation is 1. The maximum Gasteiger partial charge on any atom is 0.171 e. The molecule has 2 aliphatic carbocycles. The summed E-state index contributed by atoms with van der Waals surface area (Å²) in [5, 5.41) is 0. The lowest BCUT2D eigenvalue weighted by molar-refractivity contribution is 0.0801. The second-order valence-electron chi connectivity index (χ2n) is 4.55. The molecule has 84 valence electrons. The number of carbonyl (C=O) groups is 2. The SMILES string of the molecule is Cc1cccc2c1C(=O)C1C=CC=CC1C2=O. The van der Waals surface area contributed by atoms with E-state index in [1.807, 2.05) is 43.4 Å². The maximum absolute atomic E-state index is 12.4. The Kier molecular flexibility index (Phi) is 2.11. The predicted molar refractivity (Wildman–Crippen MR) is 65.1 cm³/mol. The molecule has 0 bridgehead atoms. The minimum absolute atomic E-state index is 0.0638. The van der Waals surface area contributed by atoms with Crippen LogP contribution in [0.2, 0.25) is 0 Å². The van der Waals surface area contributed by atoms with Gasteiger partial charge in [-0.3, -0.25) is 9.59 Å². The van der Waals surface area contributed by atoms with Crippen LogP contribution in [0, 0.1) is 18.8 Å². The first-order chi connectivity index (χ1) is 8.20. The summed E-state index contributed by atoms with van der Waals surface area (Å²) in [6, 6.07) is 5.47. The highest BCUT2D eigenvalue weighted by Crippen LogP contribution is 2.35. The van der Waals surface area contributed by atoms with Gasteiger partial charge in [-0.15, -0.1) is 0 Å². The standard InChI is InChI=1S/C15H12O2/c1-9-5-4-8-12-13(9)15(17)11-7-3-2-6-10(11)14(12)16/h2-8,10-11H,1H3. The molecule has 2 aliphatic rings. The Labute approximate surface area is 99.6 Å². The summed E-state index contributed by atoms with van der Waals surface area (Å²) >= 11 is 0. The second kappa shape index (κ2) is 3.52. The van der Waals surface area contributed by atoms with Gasteiger partial charge in [0.25, 0.3) is 0 Å². The van der Waals surface area contributed by atoms with Crippen LogP contribution in [0.25, 0.3) is 0 Å². The van der Waals surface area contributed by atoms with Gasteiger partial charge in [0, 0.05) is 11.1 Å². The van der Waals surface area contributed by atoms with E-state index in [1.165, 1.54) is 0 Å². The molecular weight excluding hydrogens is 212 g/mol. The summed E-state index contributed by atoms with van der Waals surface area (Å²) in [5.74, 6) is -0.472. The molecule has 2 heteroatoms. The summed E-state index contributed by atoms with van der Waals surface area (Å²) in [7, 11) is 0. The third-order valence-electron chi connectivity index (χ3n) is 3.53. The normalized spacial score (nSPS) is 25.7. The van der Waals surface area contributed by atoms with Crippen molar-refractivity contribution >= 4 is 11.6 Å². The number of rotatable bonds is 0. The summed E-state index contributed by atoms with van der Waals surface area (Å²) in [5.41, 5.74) is 2.08. The Balaban J connectivity index is 2.25. The molecule has 3 rings (SSSR count). The van der Waals surface area contributed by atoms with Gasteiger partial charge in [-0.25, -0.2) is 0 Å². The van der Waals surface area contributed by atoms with Gasteiger partial charge >= 0.3 is 0 Å². The number of fused-ring (bicyclic) bond motifs is 2. The molecule has 0 radical (unpaired) electrons. The third-order valence-corrected chi connectivity index (χ3v) is 3.53. The van der Waals surface area contributed by atoms with E-state index in [-0.39, 0.29) is 23.4 Å². The predicted octanol–water partition coefficient (Wildman–Crippen LogP) is 2.73. The number of carbonyl (C=O) groups excluding carboxylic acids is 2. The number of ketones is 2. The van der Waals surface area contributed by atoms with Crippen molar-refractivity contribution in [3.63, 3.8) is 0 Å². The molecule has 2 atom stereocenters. The summed E-state index contributed by atoms with van der Waals surface area (Å²) in [6.45, 7) is 1.88. The number of Topliss-reactive ketones (excluding diaryl/α,β-unsaturated/α-hetero) is 2. The Morgan fingerprint density at radius 1 is 0.941 bits per heavy atom. The van der Waals surface area contributed by atoms with Crippen LogP contribution in [0.1, 0.15) is 26.3 Å². The third kappa shape index (κ3) is 1.34. The first-order valence-electron chi connectivity index (χ1n) is 5.73. The largest absolute Gasteiger partial charge is 0.293 e. The average molecular weight is 224 g/mol. The molecule has 0 saturated heterocycles. The summed E-state index contributed by atoms with van der Waals surface area (Å²) in [6.07, 6.45) is 7.35. The Bertz CT molecular complexity index is 579. The highest BCUT2D eigenvalue weighted by molar-refractivity contribution is 6.18. The number of hydrogen-bond donors (Lipinski definition) is 0. The molecule has 0 heterocycles. The van der Waals surface area contributed by atoms with E-state index in [2.05, 4.69) is 0 Å². The van der Waals surface area contributed by atoms with Crippen molar-refractivity contribution in [3.8, 4) is 0 Å². The zero-order chi connectivity index (χ0) is 12.0. The van der Waals surface area contributed by atoms with Crippen LogP contribution in [0.3, 0.4) is 0 Å². The fraction of sp³-hybridized carbons (Fsp3) is 0.200. The molecule has 2 nitrogen and oxygen atoms in total. The molecule has 0 N–H and O–H groups in total. The molecule has 0 amide bonds. The topological polar surface area (TPSA) is 34.1 Å². The van der Waals surface area contributed by atoms with E-state index in [9.17, 15) is 9.59 Å². The van der Waals surface area contributed by atoms with Crippen LogP contribution < -0.4 is 0 Å². The van der Waals surface area contributed by atoms with Crippen molar-refractivity contribution in [1.82, 2.24) is 0 Å². The Morgan fingerprint density at radius 3 is 2.29 bits per heavy atom. The molecule has 0 saturated carbocycles. The van der Waals surface area contributed by atoms with E-state index in [1.54, 1.807) is 6.07 Å². The van der Waals surface area contributed by atoms with Gasteiger partial charge in [0.05, 0.1) is 11.8 Å².